The number of nitrogens with two attached hydrogens (primary N) is 1. The van der Waals surface area contributed by atoms with Crippen molar-refractivity contribution in [2.24, 2.45) is 11.7 Å². The summed E-state index contributed by atoms with van der Waals surface area (Å²) in [4.78, 5) is 15.0. The number of rotatable bonds is 5. The van der Waals surface area contributed by atoms with Gasteiger partial charge >= 0.3 is 0 Å². The van der Waals surface area contributed by atoms with Gasteiger partial charge in [0.2, 0.25) is 5.91 Å². The number of hydrogen-bond acceptors (Lipinski definition) is 2. The van der Waals surface area contributed by atoms with Crippen LogP contribution in [0.5, 0.6) is 0 Å². The first kappa shape index (κ1) is 15.0. The molecule has 1 aromatic rings. The average Bonchev–Trinajstić information content (AvgIpc) is 2.40. The van der Waals surface area contributed by atoms with Crippen LogP contribution in [-0.2, 0) is 10.2 Å². The molecule has 0 heterocycles. The van der Waals surface area contributed by atoms with Crippen molar-refractivity contribution in [2.75, 3.05) is 13.1 Å². The van der Waals surface area contributed by atoms with Gasteiger partial charge in [0.25, 0.3) is 0 Å². The molecule has 1 aliphatic rings. The lowest BCUT2D eigenvalue weighted by atomic mass is 9.54. The molecule has 1 aromatic carbocycles. The van der Waals surface area contributed by atoms with Crippen molar-refractivity contribution in [1.29, 1.82) is 0 Å². The van der Waals surface area contributed by atoms with Gasteiger partial charge in [-0.25, -0.2) is 0 Å². The fraction of sp³-hybridized carbons (Fsp3) is 0.588. The van der Waals surface area contributed by atoms with Crippen molar-refractivity contribution >= 4 is 5.91 Å². The molecule has 0 aromatic heterocycles. The van der Waals surface area contributed by atoms with Gasteiger partial charge in [0.15, 0.2) is 0 Å². The Kier molecular flexibility index (Phi) is 4.48. The second-order valence-electron chi connectivity index (χ2n) is 5.82. The second-order valence-corrected chi connectivity index (χ2v) is 5.82. The number of amides is 1. The van der Waals surface area contributed by atoms with Crippen molar-refractivity contribution in [3.8, 4) is 0 Å². The first-order chi connectivity index (χ1) is 9.57. The van der Waals surface area contributed by atoms with Crippen molar-refractivity contribution in [1.82, 2.24) is 4.90 Å². The third-order valence-corrected chi connectivity index (χ3v) is 4.84. The SMILES string of the molecule is CCN(CC)C(=O)C1(c2ccccc2)CCC1C(C)N. The van der Waals surface area contributed by atoms with E-state index in [4.69, 9.17) is 5.73 Å². The smallest absolute Gasteiger partial charge is 0.233 e. The number of nitrogens with zero attached hydrogens (tertiary/aromatic N) is 1. The summed E-state index contributed by atoms with van der Waals surface area (Å²) in [5, 5.41) is 0. The largest absolute Gasteiger partial charge is 0.342 e. The van der Waals surface area contributed by atoms with E-state index in [0.29, 0.717) is 0 Å². The van der Waals surface area contributed by atoms with Crippen LogP contribution in [0.3, 0.4) is 0 Å². The molecule has 2 rings (SSSR count). The Hall–Kier alpha value is -1.35. The van der Waals surface area contributed by atoms with Crippen molar-refractivity contribution in [3.05, 3.63) is 35.9 Å². The van der Waals surface area contributed by atoms with Gasteiger partial charge in [-0.05, 0) is 45.1 Å². The molecule has 1 aliphatic carbocycles. The molecule has 0 radical (unpaired) electrons. The zero-order valence-corrected chi connectivity index (χ0v) is 12.8. The van der Waals surface area contributed by atoms with E-state index in [2.05, 4.69) is 12.1 Å². The highest BCUT2D eigenvalue weighted by Crippen LogP contribution is 2.51. The number of hydrogen-bond donors (Lipinski definition) is 1. The van der Waals surface area contributed by atoms with Gasteiger partial charge in [0.05, 0.1) is 5.41 Å². The van der Waals surface area contributed by atoms with E-state index in [0.717, 1.165) is 31.5 Å². The van der Waals surface area contributed by atoms with E-state index in [1.165, 1.54) is 0 Å². The van der Waals surface area contributed by atoms with Crippen LogP contribution < -0.4 is 5.73 Å². The fourth-order valence-electron chi connectivity index (χ4n) is 3.59. The molecule has 1 saturated carbocycles. The molecule has 1 fully saturated rings. The lowest BCUT2D eigenvalue weighted by molar-refractivity contribution is -0.145. The summed E-state index contributed by atoms with van der Waals surface area (Å²) < 4.78 is 0. The first-order valence-corrected chi connectivity index (χ1v) is 7.68. The molecular formula is C17H26N2O. The summed E-state index contributed by atoms with van der Waals surface area (Å²) in [6.07, 6.45) is 1.96. The lowest BCUT2D eigenvalue weighted by Gasteiger charge is -2.52. The van der Waals surface area contributed by atoms with Gasteiger partial charge in [-0.1, -0.05) is 30.3 Å². The van der Waals surface area contributed by atoms with Crippen LogP contribution in [0.25, 0.3) is 0 Å². The normalized spacial score (nSPS) is 26.7. The molecule has 3 unspecified atom stereocenters. The van der Waals surface area contributed by atoms with E-state index in [1.54, 1.807) is 0 Å². The third kappa shape index (κ3) is 2.24. The van der Waals surface area contributed by atoms with Gasteiger partial charge in [-0.3, -0.25) is 4.79 Å². The summed E-state index contributed by atoms with van der Waals surface area (Å²) in [6.45, 7) is 7.63. The third-order valence-electron chi connectivity index (χ3n) is 4.84. The molecule has 3 heteroatoms. The molecule has 0 aliphatic heterocycles. The molecule has 1 amide bonds. The Labute approximate surface area is 122 Å². The van der Waals surface area contributed by atoms with E-state index in [9.17, 15) is 4.79 Å². The summed E-state index contributed by atoms with van der Waals surface area (Å²) in [5.74, 6) is 0.500. The Morgan fingerprint density at radius 3 is 2.35 bits per heavy atom. The predicted molar refractivity (Wildman–Crippen MR) is 82.4 cm³/mol. The van der Waals surface area contributed by atoms with Gasteiger partial charge in [-0.2, -0.15) is 0 Å². The predicted octanol–water partition coefficient (Wildman–Crippen LogP) is 2.55. The zero-order chi connectivity index (χ0) is 14.8. The van der Waals surface area contributed by atoms with E-state index in [-0.39, 0.29) is 17.9 Å². The van der Waals surface area contributed by atoms with Crippen LogP contribution >= 0.6 is 0 Å². The fourth-order valence-corrected chi connectivity index (χ4v) is 3.59. The van der Waals surface area contributed by atoms with E-state index >= 15 is 0 Å². The number of benzene rings is 1. The Balaban J connectivity index is 2.43. The van der Waals surface area contributed by atoms with Crippen LogP contribution in [0.4, 0.5) is 0 Å². The summed E-state index contributed by atoms with van der Waals surface area (Å²) >= 11 is 0. The zero-order valence-electron chi connectivity index (χ0n) is 12.8. The van der Waals surface area contributed by atoms with Crippen LogP contribution in [0.2, 0.25) is 0 Å². The van der Waals surface area contributed by atoms with E-state index in [1.807, 2.05) is 43.9 Å². The minimum absolute atomic E-state index is 0.0449. The lowest BCUT2D eigenvalue weighted by Crippen LogP contribution is -2.60. The average molecular weight is 274 g/mol. The molecule has 0 saturated heterocycles. The molecule has 110 valence electrons. The van der Waals surface area contributed by atoms with Crippen LogP contribution in [0, 0.1) is 5.92 Å². The maximum atomic E-state index is 13.1. The molecule has 0 bridgehead atoms. The summed E-state index contributed by atoms with van der Waals surface area (Å²) in [7, 11) is 0. The van der Waals surface area contributed by atoms with E-state index < -0.39 is 5.41 Å². The topological polar surface area (TPSA) is 46.3 Å². The van der Waals surface area contributed by atoms with Crippen molar-refractivity contribution < 1.29 is 4.79 Å². The monoisotopic (exact) mass is 274 g/mol. The van der Waals surface area contributed by atoms with Gasteiger partial charge in [0.1, 0.15) is 0 Å². The van der Waals surface area contributed by atoms with Crippen molar-refractivity contribution in [3.63, 3.8) is 0 Å². The Morgan fingerprint density at radius 2 is 1.95 bits per heavy atom. The number of carbonyl (C=O) groups excluding carboxylic acids is 1. The minimum Gasteiger partial charge on any atom is -0.342 e. The van der Waals surface area contributed by atoms with Crippen LogP contribution in [-0.4, -0.2) is 29.9 Å². The number of likely N-dealkylation sites (N-methyl/N-ethyl adjacent to an activating group) is 1. The highest BCUT2D eigenvalue weighted by molar-refractivity contribution is 5.90. The van der Waals surface area contributed by atoms with Gasteiger partial charge in [0, 0.05) is 19.1 Å². The van der Waals surface area contributed by atoms with Crippen LogP contribution in [0.15, 0.2) is 30.3 Å². The number of carbonyl (C=O) groups is 1. The summed E-state index contributed by atoms with van der Waals surface area (Å²) in [5.41, 5.74) is 6.89. The Morgan fingerprint density at radius 1 is 1.35 bits per heavy atom. The second kappa shape index (κ2) is 5.96. The minimum atomic E-state index is -0.401. The standard InChI is InChI=1S/C17H26N2O/c1-4-19(5-2)16(20)17(12-11-15(17)13(3)18)14-9-7-6-8-10-14/h6-10,13,15H,4-5,11-12,18H2,1-3H3. The highest BCUT2D eigenvalue weighted by Gasteiger charge is 2.55. The molecule has 3 nitrogen and oxygen atoms in total. The molecule has 20 heavy (non-hydrogen) atoms. The quantitative estimate of drug-likeness (QED) is 0.897. The highest BCUT2D eigenvalue weighted by atomic mass is 16.2. The van der Waals surface area contributed by atoms with Crippen LogP contribution in [0.1, 0.15) is 39.2 Å². The molecular weight excluding hydrogens is 248 g/mol. The maximum absolute atomic E-state index is 13.1. The molecule has 2 N–H and O–H groups in total. The van der Waals surface area contributed by atoms with Gasteiger partial charge < -0.3 is 10.6 Å². The van der Waals surface area contributed by atoms with Crippen molar-refractivity contribution in [2.45, 2.75) is 45.1 Å². The first-order valence-electron chi connectivity index (χ1n) is 7.68. The van der Waals surface area contributed by atoms with Gasteiger partial charge in [-0.15, -0.1) is 0 Å². The Bertz CT molecular complexity index is 453. The molecule has 3 atom stereocenters. The molecule has 0 spiro atoms. The summed E-state index contributed by atoms with van der Waals surface area (Å²) in [6, 6.07) is 10.2. The maximum Gasteiger partial charge on any atom is 0.233 e.